The summed E-state index contributed by atoms with van der Waals surface area (Å²) in [6.45, 7) is 6.35. The number of anilines is 1. The zero-order valence-electron chi connectivity index (χ0n) is 21.9. The van der Waals surface area contributed by atoms with Crippen molar-refractivity contribution in [3.8, 4) is 0 Å². The topological polar surface area (TPSA) is 66.5 Å². The second-order valence-corrected chi connectivity index (χ2v) is 12.8. The lowest BCUT2D eigenvalue weighted by Gasteiger charge is -2.26. The highest BCUT2D eigenvalue weighted by Gasteiger charge is 2.30. The molecule has 0 aliphatic carbocycles. The van der Waals surface area contributed by atoms with Crippen molar-refractivity contribution in [3.05, 3.63) is 98.5 Å². The lowest BCUT2D eigenvalue weighted by atomic mass is 9.87. The molecule has 1 amide bonds. The SMILES string of the molecule is CC(C)(C)c1ccc(CN(CCc2cccc(C(F)(F)F)c2)C(=O)c2c(NS(C)(=O)=O)ccc(Cl)c2Cl)cc1. The summed E-state index contributed by atoms with van der Waals surface area (Å²) in [4.78, 5) is 15.3. The van der Waals surface area contributed by atoms with E-state index in [1.54, 1.807) is 6.07 Å². The Morgan fingerprint density at radius 1 is 0.923 bits per heavy atom. The first-order valence-corrected chi connectivity index (χ1v) is 14.6. The number of nitrogens with one attached hydrogen (secondary N) is 1. The zero-order valence-corrected chi connectivity index (χ0v) is 24.2. The summed E-state index contributed by atoms with van der Waals surface area (Å²) in [5, 5.41) is -0.0890. The number of carbonyl (C=O) groups excluding carboxylic acids is 1. The zero-order chi connectivity index (χ0) is 29.2. The highest BCUT2D eigenvalue weighted by Crippen LogP contribution is 2.34. The molecule has 0 saturated heterocycles. The lowest BCUT2D eigenvalue weighted by molar-refractivity contribution is -0.137. The average Bonchev–Trinajstić information content (AvgIpc) is 2.82. The van der Waals surface area contributed by atoms with Crippen molar-refractivity contribution in [3.63, 3.8) is 0 Å². The third-order valence-corrected chi connectivity index (χ3v) is 7.40. The number of benzene rings is 3. The van der Waals surface area contributed by atoms with Crippen LogP contribution >= 0.6 is 23.2 Å². The first kappa shape index (κ1) is 30.8. The molecule has 39 heavy (non-hydrogen) atoms. The van der Waals surface area contributed by atoms with E-state index in [-0.39, 0.29) is 46.2 Å². The number of carbonyl (C=O) groups is 1. The maximum absolute atomic E-state index is 13.9. The minimum Gasteiger partial charge on any atom is -0.334 e. The van der Waals surface area contributed by atoms with Crippen molar-refractivity contribution in [2.45, 2.75) is 45.3 Å². The standard InChI is InChI=1S/C28H29Cl2F3N2O3S/c1-27(2,3)20-10-8-19(9-11-20)17-35(15-14-18-6-5-7-21(16-18)28(31,32)33)26(36)24-23(34-39(4,37)38)13-12-22(29)25(24)30/h5-13,16,34H,14-15,17H2,1-4H3. The van der Waals surface area contributed by atoms with Crippen LogP contribution in [0.5, 0.6) is 0 Å². The molecule has 0 fully saturated rings. The number of hydrogen-bond acceptors (Lipinski definition) is 3. The summed E-state index contributed by atoms with van der Waals surface area (Å²) in [5.74, 6) is -0.625. The number of hydrogen-bond donors (Lipinski definition) is 1. The molecule has 5 nitrogen and oxygen atoms in total. The summed E-state index contributed by atoms with van der Waals surface area (Å²) in [5.41, 5.74) is 1.18. The molecular weight excluding hydrogens is 572 g/mol. The molecule has 11 heteroatoms. The van der Waals surface area contributed by atoms with Crippen LogP contribution in [0.2, 0.25) is 10.0 Å². The first-order valence-electron chi connectivity index (χ1n) is 12.0. The number of halogens is 5. The Balaban J connectivity index is 2.01. The van der Waals surface area contributed by atoms with Gasteiger partial charge in [0.15, 0.2) is 0 Å². The number of nitrogens with zero attached hydrogens (tertiary/aromatic N) is 1. The normalized spacial score (nSPS) is 12.3. The molecule has 0 aromatic heterocycles. The quantitative estimate of drug-likeness (QED) is 0.290. The van der Waals surface area contributed by atoms with Crippen LogP contribution < -0.4 is 4.72 Å². The molecule has 0 spiro atoms. The van der Waals surface area contributed by atoms with Crippen molar-refractivity contribution < 1.29 is 26.4 Å². The Morgan fingerprint density at radius 2 is 1.56 bits per heavy atom. The van der Waals surface area contributed by atoms with Gasteiger partial charge < -0.3 is 4.90 Å². The van der Waals surface area contributed by atoms with Crippen molar-refractivity contribution >= 4 is 44.8 Å². The predicted molar refractivity (Wildman–Crippen MR) is 150 cm³/mol. The monoisotopic (exact) mass is 600 g/mol. The summed E-state index contributed by atoms with van der Waals surface area (Å²) < 4.78 is 65.9. The Labute approximate surface area is 237 Å². The summed E-state index contributed by atoms with van der Waals surface area (Å²) in [6, 6.07) is 15.3. The molecule has 3 aromatic carbocycles. The summed E-state index contributed by atoms with van der Waals surface area (Å²) in [6.07, 6.45) is -3.45. The molecular formula is C28H29Cl2F3N2O3S. The van der Waals surface area contributed by atoms with E-state index in [0.29, 0.717) is 5.56 Å². The van der Waals surface area contributed by atoms with Crippen LogP contribution in [-0.4, -0.2) is 32.0 Å². The third-order valence-electron chi connectivity index (χ3n) is 6.01. The fraction of sp³-hybridized carbons (Fsp3) is 0.321. The second kappa shape index (κ2) is 11.8. The van der Waals surface area contributed by atoms with E-state index >= 15 is 0 Å². The molecule has 0 saturated carbocycles. The van der Waals surface area contributed by atoms with Gasteiger partial charge in [0.25, 0.3) is 5.91 Å². The van der Waals surface area contributed by atoms with Gasteiger partial charge in [-0.2, -0.15) is 13.2 Å². The van der Waals surface area contributed by atoms with Crippen LogP contribution in [0, 0.1) is 0 Å². The number of alkyl halides is 3. The van der Waals surface area contributed by atoms with Gasteiger partial charge in [-0.15, -0.1) is 0 Å². The maximum atomic E-state index is 13.9. The third kappa shape index (κ3) is 8.37. The summed E-state index contributed by atoms with van der Waals surface area (Å²) in [7, 11) is -3.77. The van der Waals surface area contributed by atoms with E-state index < -0.39 is 27.7 Å². The van der Waals surface area contributed by atoms with Gasteiger partial charge in [-0.25, -0.2) is 8.42 Å². The maximum Gasteiger partial charge on any atom is 0.416 e. The van der Waals surface area contributed by atoms with Gasteiger partial charge in [-0.3, -0.25) is 9.52 Å². The van der Waals surface area contributed by atoms with Crippen molar-refractivity contribution in [1.29, 1.82) is 0 Å². The van der Waals surface area contributed by atoms with E-state index in [2.05, 4.69) is 25.5 Å². The molecule has 0 heterocycles. The minimum absolute atomic E-state index is 0.0301. The highest BCUT2D eigenvalue weighted by molar-refractivity contribution is 7.92. The summed E-state index contributed by atoms with van der Waals surface area (Å²) >= 11 is 12.6. The molecule has 0 aliphatic rings. The Kier molecular flexibility index (Phi) is 9.30. The molecule has 0 atom stereocenters. The van der Waals surface area contributed by atoms with Gasteiger partial charge >= 0.3 is 6.18 Å². The van der Waals surface area contributed by atoms with Crippen LogP contribution in [0.3, 0.4) is 0 Å². The molecule has 210 valence electrons. The van der Waals surface area contributed by atoms with Crippen LogP contribution in [0.25, 0.3) is 0 Å². The molecule has 1 N–H and O–H groups in total. The number of sulfonamides is 1. The van der Waals surface area contributed by atoms with E-state index in [4.69, 9.17) is 23.2 Å². The van der Waals surface area contributed by atoms with Crippen LogP contribution in [0.15, 0.2) is 60.7 Å². The van der Waals surface area contributed by atoms with Gasteiger partial charge in [0, 0.05) is 13.1 Å². The molecule has 3 rings (SSSR count). The first-order chi connectivity index (χ1) is 18.0. The number of rotatable bonds is 8. The van der Waals surface area contributed by atoms with Crippen molar-refractivity contribution in [2.24, 2.45) is 0 Å². The van der Waals surface area contributed by atoms with Gasteiger partial charge in [0.2, 0.25) is 10.0 Å². The van der Waals surface area contributed by atoms with Gasteiger partial charge in [0.1, 0.15) is 0 Å². The van der Waals surface area contributed by atoms with Crippen LogP contribution in [0.1, 0.15) is 53.4 Å². The van der Waals surface area contributed by atoms with E-state index in [1.807, 2.05) is 24.3 Å². The second-order valence-electron chi connectivity index (χ2n) is 10.3. The molecule has 0 radical (unpaired) electrons. The minimum atomic E-state index is -4.50. The van der Waals surface area contributed by atoms with Gasteiger partial charge in [-0.1, -0.05) is 86.4 Å². The predicted octanol–water partition coefficient (Wildman–Crippen LogP) is 7.57. The molecule has 0 aliphatic heterocycles. The Morgan fingerprint density at radius 3 is 2.13 bits per heavy atom. The molecule has 3 aromatic rings. The Hall–Kier alpha value is -2.75. The highest BCUT2D eigenvalue weighted by atomic mass is 35.5. The van der Waals surface area contributed by atoms with Gasteiger partial charge in [-0.05, 0) is 46.7 Å². The van der Waals surface area contributed by atoms with E-state index in [1.165, 1.54) is 23.1 Å². The van der Waals surface area contributed by atoms with E-state index in [0.717, 1.165) is 29.5 Å². The van der Waals surface area contributed by atoms with Crippen molar-refractivity contribution in [1.82, 2.24) is 4.90 Å². The van der Waals surface area contributed by atoms with Crippen molar-refractivity contribution in [2.75, 3.05) is 17.5 Å². The molecule has 0 unspecified atom stereocenters. The number of amides is 1. The fourth-order valence-corrected chi connectivity index (χ4v) is 4.93. The molecule has 0 bridgehead atoms. The van der Waals surface area contributed by atoms with Crippen LogP contribution in [-0.2, 0) is 34.6 Å². The van der Waals surface area contributed by atoms with Gasteiger partial charge in [0.05, 0.1) is 33.1 Å². The lowest BCUT2D eigenvalue weighted by Crippen LogP contribution is -2.33. The average molecular weight is 602 g/mol. The van der Waals surface area contributed by atoms with E-state index in [9.17, 15) is 26.4 Å². The Bertz CT molecular complexity index is 1450. The smallest absolute Gasteiger partial charge is 0.334 e. The largest absolute Gasteiger partial charge is 0.416 e. The van der Waals surface area contributed by atoms with Crippen LogP contribution in [0.4, 0.5) is 18.9 Å². The fourth-order valence-electron chi connectivity index (χ4n) is 3.95.